The molecule has 0 unspecified atom stereocenters. The van der Waals surface area contributed by atoms with E-state index in [9.17, 15) is 9.59 Å². The van der Waals surface area contributed by atoms with Crippen molar-refractivity contribution >= 4 is 28.2 Å². The van der Waals surface area contributed by atoms with Crippen molar-refractivity contribution in [3.63, 3.8) is 0 Å². The summed E-state index contributed by atoms with van der Waals surface area (Å²) in [6.07, 6.45) is 0.855. The number of hydrogen-bond donors (Lipinski definition) is 2. The Hall–Kier alpha value is -2.34. The molecule has 23 heavy (non-hydrogen) atoms. The number of primary amides is 1. The van der Waals surface area contributed by atoms with Crippen LogP contribution in [0.25, 0.3) is 0 Å². The first kappa shape index (κ1) is 17.0. The van der Waals surface area contributed by atoms with Crippen LogP contribution in [0.2, 0.25) is 0 Å². The van der Waals surface area contributed by atoms with Crippen molar-refractivity contribution in [2.45, 2.75) is 33.3 Å². The largest absolute Gasteiger partial charge is 0.491 e. The number of carbonyl (C=O) groups is 2. The summed E-state index contributed by atoms with van der Waals surface area (Å²) in [6.45, 7) is 5.86. The van der Waals surface area contributed by atoms with Crippen LogP contribution in [0.4, 0.5) is 5.00 Å². The molecule has 2 aromatic rings. The molecule has 0 bridgehead atoms. The number of carbonyl (C=O) groups excluding carboxylic acids is 2. The Kier molecular flexibility index (Phi) is 5.39. The van der Waals surface area contributed by atoms with Gasteiger partial charge in [0, 0.05) is 10.4 Å². The monoisotopic (exact) mass is 332 g/mol. The van der Waals surface area contributed by atoms with Gasteiger partial charge in [0.15, 0.2) is 0 Å². The van der Waals surface area contributed by atoms with Crippen molar-refractivity contribution in [1.29, 1.82) is 0 Å². The number of thiophene rings is 1. The van der Waals surface area contributed by atoms with Crippen LogP contribution in [0.3, 0.4) is 0 Å². The number of anilines is 1. The summed E-state index contributed by atoms with van der Waals surface area (Å²) in [7, 11) is 0. The number of hydrogen-bond acceptors (Lipinski definition) is 4. The molecule has 0 aliphatic rings. The lowest BCUT2D eigenvalue weighted by Crippen LogP contribution is -2.16. The zero-order chi connectivity index (χ0) is 17.0. The molecule has 0 atom stereocenters. The van der Waals surface area contributed by atoms with Crippen molar-refractivity contribution in [2.24, 2.45) is 5.73 Å². The van der Waals surface area contributed by atoms with Gasteiger partial charge in [-0.2, -0.15) is 0 Å². The van der Waals surface area contributed by atoms with Crippen LogP contribution in [-0.4, -0.2) is 17.9 Å². The Morgan fingerprint density at radius 1 is 1.26 bits per heavy atom. The van der Waals surface area contributed by atoms with E-state index in [-0.39, 0.29) is 12.0 Å². The smallest absolute Gasteiger partial charge is 0.256 e. The Morgan fingerprint density at radius 3 is 2.43 bits per heavy atom. The Morgan fingerprint density at radius 2 is 1.91 bits per heavy atom. The molecule has 3 N–H and O–H groups in total. The standard InChI is InChI=1S/C17H20N2O3S/c1-4-13-9-14(15(18)20)17(23-13)19-16(21)11-5-7-12(8-6-11)22-10(2)3/h5-10H,4H2,1-3H3,(H2,18,20)(H,19,21). The third-order valence-electron chi connectivity index (χ3n) is 3.11. The van der Waals surface area contributed by atoms with Crippen molar-refractivity contribution in [3.8, 4) is 5.75 Å². The van der Waals surface area contributed by atoms with E-state index < -0.39 is 5.91 Å². The predicted octanol–water partition coefficient (Wildman–Crippen LogP) is 3.45. The topological polar surface area (TPSA) is 81.4 Å². The molecule has 2 amide bonds. The van der Waals surface area contributed by atoms with Gasteiger partial charge in [-0.1, -0.05) is 6.92 Å². The Balaban J connectivity index is 2.15. The first-order valence-corrected chi connectivity index (χ1v) is 8.23. The van der Waals surface area contributed by atoms with Crippen LogP contribution in [0.1, 0.15) is 46.4 Å². The van der Waals surface area contributed by atoms with Crippen LogP contribution < -0.4 is 15.8 Å². The van der Waals surface area contributed by atoms with E-state index in [1.54, 1.807) is 30.3 Å². The fourth-order valence-corrected chi connectivity index (χ4v) is 3.02. The lowest BCUT2D eigenvalue weighted by molar-refractivity contribution is 0.100. The van der Waals surface area contributed by atoms with Crippen molar-refractivity contribution in [2.75, 3.05) is 5.32 Å². The minimum Gasteiger partial charge on any atom is -0.491 e. The highest BCUT2D eigenvalue weighted by atomic mass is 32.1. The van der Waals surface area contributed by atoms with Crippen LogP contribution in [0.15, 0.2) is 30.3 Å². The average Bonchev–Trinajstić information content (AvgIpc) is 2.90. The predicted molar refractivity (Wildman–Crippen MR) is 92.4 cm³/mol. The van der Waals surface area contributed by atoms with E-state index in [4.69, 9.17) is 10.5 Å². The zero-order valence-electron chi connectivity index (χ0n) is 13.4. The second kappa shape index (κ2) is 7.28. The number of rotatable bonds is 6. The van der Waals surface area contributed by atoms with E-state index in [1.807, 2.05) is 20.8 Å². The molecule has 0 aliphatic heterocycles. The molecular weight excluding hydrogens is 312 g/mol. The molecule has 122 valence electrons. The van der Waals surface area contributed by atoms with Crippen molar-refractivity contribution < 1.29 is 14.3 Å². The average molecular weight is 332 g/mol. The van der Waals surface area contributed by atoms with Crippen LogP contribution in [0, 0.1) is 0 Å². The quantitative estimate of drug-likeness (QED) is 0.850. The van der Waals surface area contributed by atoms with Gasteiger partial charge in [0.25, 0.3) is 11.8 Å². The first-order chi connectivity index (χ1) is 10.9. The summed E-state index contributed by atoms with van der Waals surface area (Å²) >= 11 is 1.36. The second-order valence-electron chi connectivity index (χ2n) is 5.32. The van der Waals surface area contributed by atoms with Crippen LogP contribution in [0.5, 0.6) is 5.75 Å². The molecule has 0 saturated carbocycles. The first-order valence-electron chi connectivity index (χ1n) is 7.41. The molecule has 0 aliphatic carbocycles. The van der Waals surface area contributed by atoms with Gasteiger partial charge >= 0.3 is 0 Å². The zero-order valence-corrected chi connectivity index (χ0v) is 14.2. The van der Waals surface area contributed by atoms with Crippen LogP contribution in [-0.2, 0) is 6.42 Å². The Bertz CT molecular complexity index is 705. The van der Waals surface area contributed by atoms with Gasteiger partial charge in [-0.3, -0.25) is 9.59 Å². The summed E-state index contributed by atoms with van der Waals surface area (Å²) < 4.78 is 5.54. The van der Waals surface area contributed by atoms with Gasteiger partial charge in [-0.25, -0.2) is 0 Å². The molecule has 0 radical (unpaired) electrons. The number of nitrogens with one attached hydrogen (secondary N) is 1. The summed E-state index contributed by atoms with van der Waals surface area (Å²) in [5.74, 6) is -0.121. The third kappa shape index (κ3) is 4.32. The molecule has 0 saturated heterocycles. The van der Waals surface area contributed by atoms with Crippen LogP contribution >= 0.6 is 11.3 Å². The fraction of sp³-hybridized carbons (Fsp3) is 0.294. The van der Waals surface area contributed by atoms with Crippen molar-refractivity contribution in [3.05, 3.63) is 46.3 Å². The summed E-state index contributed by atoms with van der Waals surface area (Å²) in [4.78, 5) is 24.8. The van der Waals surface area contributed by atoms with Gasteiger partial charge in [0.05, 0.1) is 11.7 Å². The number of nitrogens with two attached hydrogens (primary N) is 1. The van der Waals surface area contributed by atoms with Gasteiger partial charge in [-0.05, 0) is 50.6 Å². The summed E-state index contributed by atoms with van der Waals surface area (Å²) in [5.41, 5.74) is 6.20. The minimum atomic E-state index is -0.545. The molecule has 0 spiro atoms. The molecule has 5 nitrogen and oxygen atoms in total. The lowest BCUT2D eigenvalue weighted by atomic mass is 10.2. The van der Waals surface area contributed by atoms with Gasteiger partial charge in [0.1, 0.15) is 10.8 Å². The van der Waals surface area contributed by atoms with E-state index in [2.05, 4.69) is 5.32 Å². The molecule has 1 heterocycles. The molecule has 6 heteroatoms. The highest BCUT2D eigenvalue weighted by Gasteiger charge is 2.16. The normalized spacial score (nSPS) is 10.6. The van der Waals surface area contributed by atoms with E-state index in [0.29, 0.717) is 21.9 Å². The highest BCUT2D eigenvalue weighted by Crippen LogP contribution is 2.29. The molecular formula is C17H20N2O3S. The molecule has 1 aromatic carbocycles. The number of ether oxygens (including phenoxy) is 1. The van der Waals surface area contributed by atoms with Gasteiger partial charge < -0.3 is 15.8 Å². The van der Waals surface area contributed by atoms with Crippen molar-refractivity contribution in [1.82, 2.24) is 0 Å². The minimum absolute atomic E-state index is 0.0754. The summed E-state index contributed by atoms with van der Waals surface area (Å²) in [5, 5.41) is 3.25. The Labute approximate surface area is 139 Å². The van der Waals surface area contributed by atoms with Gasteiger partial charge in [-0.15, -0.1) is 11.3 Å². The summed E-state index contributed by atoms with van der Waals surface area (Å²) in [6, 6.07) is 8.59. The lowest BCUT2D eigenvalue weighted by Gasteiger charge is -2.10. The fourth-order valence-electron chi connectivity index (χ4n) is 2.02. The number of amides is 2. The highest BCUT2D eigenvalue weighted by molar-refractivity contribution is 7.16. The molecule has 0 fully saturated rings. The second-order valence-corrected chi connectivity index (χ2v) is 6.46. The maximum absolute atomic E-state index is 12.3. The molecule has 2 rings (SSSR count). The SMILES string of the molecule is CCc1cc(C(N)=O)c(NC(=O)c2ccc(OC(C)C)cc2)s1. The van der Waals surface area contributed by atoms with E-state index >= 15 is 0 Å². The van der Waals surface area contributed by atoms with E-state index in [0.717, 1.165) is 11.3 Å². The molecule has 1 aromatic heterocycles. The third-order valence-corrected chi connectivity index (χ3v) is 4.31. The number of benzene rings is 1. The van der Waals surface area contributed by atoms with Gasteiger partial charge in [0.2, 0.25) is 0 Å². The maximum Gasteiger partial charge on any atom is 0.256 e. The maximum atomic E-state index is 12.3. The number of aryl methyl sites for hydroxylation is 1. The van der Waals surface area contributed by atoms with E-state index in [1.165, 1.54) is 11.3 Å².